The van der Waals surface area contributed by atoms with Crippen LogP contribution in [0.5, 0.6) is 11.5 Å². The molecule has 0 spiro atoms. The standard InChI is InChI=1S/C27H28N4O3S/c1-19-8-7-11-22(16-19)31-26(21-9-5-4-6-10-21)29-30-27(31)35-18-25(32)28-15-14-20-12-13-23(33-2)24(17-20)34-3/h4-13,16-17H,14-15,18H2,1-3H3,(H,28,32). The fourth-order valence-electron chi connectivity index (χ4n) is 3.70. The lowest BCUT2D eigenvalue weighted by molar-refractivity contribution is -0.118. The van der Waals surface area contributed by atoms with Crippen LogP contribution in [0.2, 0.25) is 0 Å². The summed E-state index contributed by atoms with van der Waals surface area (Å²) >= 11 is 1.37. The Hall–Kier alpha value is -3.78. The van der Waals surface area contributed by atoms with Crippen molar-refractivity contribution in [2.45, 2.75) is 18.5 Å². The SMILES string of the molecule is COc1ccc(CCNC(=O)CSc2nnc(-c3ccccc3)n2-c2cccc(C)c2)cc1OC. The van der Waals surface area contributed by atoms with Gasteiger partial charge < -0.3 is 14.8 Å². The van der Waals surface area contributed by atoms with E-state index in [1.807, 2.05) is 65.2 Å². The fourth-order valence-corrected chi connectivity index (χ4v) is 4.48. The van der Waals surface area contributed by atoms with Gasteiger partial charge in [0.1, 0.15) is 0 Å². The molecule has 3 aromatic carbocycles. The van der Waals surface area contributed by atoms with Crippen LogP contribution in [-0.4, -0.2) is 47.2 Å². The van der Waals surface area contributed by atoms with Gasteiger partial charge in [0, 0.05) is 17.8 Å². The zero-order chi connectivity index (χ0) is 24.6. The summed E-state index contributed by atoms with van der Waals surface area (Å²) in [6.07, 6.45) is 0.689. The van der Waals surface area contributed by atoms with Crippen molar-refractivity contribution >= 4 is 17.7 Å². The maximum absolute atomic E-state index is 12.6. The Labute approximate surface area is 209 Å². The van der Waals surface area contributed by atoms with Crippen molar-refractivity contribution < 1.29 is 14.3 Å². The quantitative estimate of drug-likeness (QED) is 0.326. The lowest BCUT2D eigenvalue weighted by atomic mass is 10.1. The molecule has 0 aliphatic carbocycles. The third-order valence-corrected chi connectivity index (χ3v) is 6.37. The molecular weight excluding hydrogens is 460 g/mol. The van der Waals surface area contributed by atoms with Crippen LogP contribution in [0.4, 0.5) is 0 Å². The number of aromatic nitrogens is 3. The number of methoxy groups -OCH3 is 2. The first-order valence-electron chi connectivity index (χ1n) is 11.3. The second kappa shape index (κ2) is 11.6. The van der Waals surface area contributed by atoms with Gasteiger partial charge in [-0.1, -0.05) is 60.3 Å². The van der Waals surface area contributed by atoms with E-state index in [-0.39, 0.29) is 11.7 Å². The van der Waals surface area contributed by atoms with Crippen molar-refractivity contribution in [2.24, 2.45) is 0 Å². The van der Waals surface area contributed by atoms with Gasteiger partial charge in [0.25, 0.3) is 0 Å². The number of rotatable bonds is 10. The van der Waals surface area contributed by atoms with Crippen LogP contribution in [0.1, 0.15) is 11.1 Å². The smallest absolute Gasteiger partial charge is 0.230 e. The van der Waals surface area contributed by atoms with E-state index in [1.165, 1.54) is 11.8 Å². The van der Waals surface area contributed by atoms with Crippen LogP contribution in [0.3, 0.4) is 0 Å². The van der Waals surface area contributed by atoms with E-state index in [0.29, 0.717) is 29.6 Å². The summed E-state index contributed by atoms with van der Waals surface area (Å²) in [6.45, 7) is 2.57. The molecule has 1 heterocycles. The molecule has 0 saturated heterocycles. The zero-order valence-electron chi connectivity index (χ0n) is 20.0. The molecule has 0 aliphatic rings. The van der Waals surface area contributed by atoms with Gasteiger partial charge in [-0.05, 0) is 48.7 Å². The Balaban J connectivity index is 1.42. The topological polar surface area (TPSA) is 78.3 Å². The number of carbonyl (C=O) groups excluding carboxylic acids is 1. The minimum atomic E-state index is -0.0597. The van der Waals surface area contributed by atoms with Crippen molar-refractivity contribution in [1.82, 2.24) is 20.1 Å². The van der Waals surface area contributed by atoms with Crippen molar-refractivity contribution in [3.05, 3.63) is 83.9 Å². The molecule has 0 fully saturated rings. The zero-order valence-corrected chi connectivity index (χ0v) is 20.8. The molecule has 7 nitrogen and oxygen atoms in total. The Morgan fingerprint density at radius 3 is 2.49 bits per heavy atom. The predicted octanol–water partition coefficient (Wildman–Crippen LogP) is 4.71. The van der Waals surface area contributed by atoms with Crippen LogP contribution in [0.15, 0.2) is 78.0 Å². The summed E-state index contributed by atoms with van der Waals surface area (Å²) in [5.74, 6) is 2.29. The molecular formula is C27H28N4O3S. The first-order chi connectivity index (χ1) is 17.1. The largest absolute Gasteiger partial charge is 0.493 e. The molecule has 0 aliphatic heterocycles. The van der Waals surface area contributed by atoms with Crippen molar-refractivity contribution in [2.75, 3.05) is 26.5 Å². The highest BCUT2D eigenvalue weighted by atomic mass is 32.2. The summed E-state index contributed by atoms with van der Waals surface area (Å²) in [5, 5.41) is 12.5. The minimum Gasteiger partial charge on any atom is -0.493 e. The molecule has 180 valence electrons. The summed E-state index contributed by atoms with van der Waals surface area (Å²) in [6, 6.07) is 23.9. The van der Waals surface area contributed by atoms with E-state index in [0.717, 1.165) is 28.2 Å². The molecule has 35 heavy (non-hydrogen) atoms. The highest BCUT2D eigenvalue weighted by Gasteiger charge is 2.17. The van der Waals surface area contributed by atoms with Gasteiger partial charge >= 0.3 is 0 Å². The van der Waals surface area contributed by atoms with Gasteiger partial charge in [0.15, 0.2) is 22.5 Å². The Kier molecular flexibility index (Phi) is 8.05. The number of thioether (sulfide) groups is 1. The maximum atomic E-state index is 12.6. The summed E-state index contributed by atoms with van der Waals surface area (Å²) in [4.78, 5) is 12.6. The second-order valence-corrected chi connectivity index (χ2v) is 8.87. The van der Waals surface area contributed by atoms with Gasteiger partial charge in [-0.3, -0.25) is 9.36 Å². The average Bonchev–Trinajstić information content (AvgIpc) is 3.32. The molecule has 4 rings (SSSR count). The third-order valence-electron chi connectivity index (χ3n) is 5.44. The molecule has 0 bridgehead atoms. The molecule has 0 saturated carbocycles. The predicted molar refractivity (Wildman–Crippen MR) is 139 cm³/mol. The number of carbonyl (C=O) groups is 1. The summed E-state index contributed by atoms with van der Waals surface area (Å²) < 4.78 is 12.6. The molecule has 0 atom stereocenters. The summed E-state index contributed by atoms with van der Waals surface area (Å²) in [7, 11) is 3.22. The number of benzene rings is 3. The Morgan fingerprint density at radius 2 is 1.74 bits per heavy atom. The van der Waals surface area contributed by atoms with E-state index in [1.54, 1.807) is 14.2 Å². The number of aryl methyl sites for hydroxylation is 1. The number of hydrogen-bond donors (Lipinski definition) is 1. The summed E-state index contributed by atoms with van der Waals surface area (Å²) in [5.41, 5.74) is 4.12. The van der Waals surface area contributed by atoms with Gasteiger partial charge in [0.2, 0.25) is 5.91 Å². The molecule has 1 amide bonds. The molecule has 4 aromatic rings. The van der Waals surface area contributed by atoms with Crippen LogP contribution in [0, 0.1) is 6.92 Å². The van der Waals surface area contributed by atoms with Crippen LogP contribution in [-0.2, 0) is 11.2 Å². The number of nitrogens with zero attached hydrogens (tertiary/aromatic N) is 3. The average molecular weight is 489 g/mol. The molecule has 1 aromatic heterocycles. The van der Waals surface area contributed by atoms with E-state index < -0.39 is 0 Å². The van der Waals surface area contributed by atoms with Gasteiger partial charge in [0.05, 0.1) is 20.0 Å². The van der Waals surface area contributed by atoms with Crippen LogP contribution >= 0.6 is 11.8 Å². The fraction of sp³-hybridized carbons (Fsp3) is 0.222. The van der Waals surface area contributed by atoms with Gasteiger partial charge in [-0.15, -0.1) is 10.2 Å². The van der Waals surface area contributed by atoms with Crippen molar-refractivity contribution in [1.29, 1.82) is 0 Å². The lowest BCUT2D eigenvalue weighted by Crippen LogP contribution is -2.27. The van der Waals surface area contributed by atoms with Gasteiger partial charge in [-0.25, -0.2) is 0 Å². The van der Waals surface area contributed by atoms with E-state index in [2.05, 4.69) is 34.6 Å². The highest BCUT2D eigenvalue weighted by Crippen LogP contribution is 2.29. The van der Waals surface area contributed by atoms with Gasteiger partial charge in [-0.2, -0.15) is 0 Å². The third kappa shape index (κ3) is 6.02. The Bertz CT molecular complexity index is 1290. The van der Waals surface area contributed by atoms with Crippen LogP contribution < -0.4 is 14.8 Å². The molecule has 1 N–H and O–H groups in total. The normalized spacial score (nSPS) is 10.7. The minimum absolute atomic E-state index is 0.0597. The second-order valence-electron chi connectivity index (χ2n) is 7.92. The van der Waals surface area contributed by atoms with E-state index in [9.17, 15) is 4.79 Å². The first-order valence-corrected chi connectivity index (χ1v) is 12.3. The number of amides is 1. The highest BCUT2D eigenvalue weighted by molar-refractivity contribution is 7.99. The van der Waals surface area contributed by atoms with E-state index >= 15 is 0 Å². The molecule has 0 unspecified atom stereocenters. The van der Waals surface area contributed by atoms with E-state index in [4.69, 9.17) is 9.47 Å². The number of nitrogens with one attached hydrogen (secondary N) is 1. The molecule has 0 radical (unpaired) electrons. The first kappa shape index (κ1) is 24.3. The lowest BCUT2D eigenvalue weighted by Gasteiger charge is -2.11. The van der Waals surface area contributed by atoms with Crippen molar-refractivity contribution in [3.8, 4) is 28.6 Å². The molecule has 8 heteroatoms. The Morgan fingerprint density at radius 1 is 0.943 bits per heavy atom. The number of ether oxygens (including phenoxy) is 2. The number of hydrogen-bond acceptors (Lipinski definition) is 6. The maximum Gasteiger partial charge on any atom is 0.230 e. The van der Waals surface area contributed by atoms with Crippen molar-refractivity contribution in [3.63, 3.8) is 0 Å². The monoisotopic (exact) mass is 488 g/mol. The van der Waals surface area contributed by atoms with Crippen LogP contribution in [0.25, 0.3) is 17.1 Å².